The molecule has 0 saturated carbocycles. The Bertz CT molecular complexity index is 1540. The van der Waals surface area contributed by atoms with Crippen LogP contribution in [0.25, 0.3) is 16.7 Å². The standard InChI is InChI=1S/C26H26ClF3N8O2/c1-4-31-24(39)36-23-21-22(15(12-32-23)13-37(2)3)38(14-33-21)18-8-5-16(6-9-18)34-25(40)35-17-7-10-20(27)19(11-17)26(28,29)30/h5-12,14H,4,13H2,1-3H3,(H2,34,35,40)(H2,31,32,36,39). The molecule has 0 spiro atoms. The van der Waals surface area contributed by atoms with Crippen LogP contribution in [0.5, 0.6) is 0 Å². The van der Waals surface area contributed by atoms with E-state index in [1.807, 2.05) is 23.6 Å². The molecule has 0 aliphatic heterocycles. The minimum atomic E-state index is -4.65. The molecule has 0 saturated heterocycles. The highest BCUT2D eigenvalue weighted by Gasteiger charge is 2.33. The van der Waals surface area contributed by atoms with Gasteiger partial charge in [0, 0.05) is 41.9 Å². The van der Waals surface area contributed by atoms with E-state index in [1.54, 1.807) is 43.7 Å². The average molecular weight is 575 g/mol. The van der Waals surface area contributed by atoms with Crippen molar-refractivity contribution in [3.8, 4) is 5.69 Å². The summed E-state index contributed by atoms with van der Waals surface area (Å²) in [5.74, 6) is 0.313. The van der Waals surface area contributed by atoms with Crippen LogP contribution in [0.1, 0.15) is 18.1 Å². The highest BCUT2D eigenvalue weighted by atomic mass is 35.5. The molecule has 4 N–H and O–H groups in total. The van der Waals surface area contributed by atoms with Crippen molar-refractivity contribution in [2.75, 3.05) is 36.6 Å². The molecule has 4 rings (SSSR count). The molecule has 4 amide bonds. The van der Waals surface area contributed by atoms with Gasteiger partial charge in [-0.1, -0.05) is 11.6 Å². The highest BCUT2D eigenvalue weighted by Crippen LogP contribution is 2.36. The third-order valence-electron chi connectivity index (χ3n) is 5.63. The molecule has 2 aromatic carbocycles. The zero-order valence-corrected chi connectivity index (χ0v) is 22.5. The van der Waals surface area contributed by atoms with Gasteiger partial charge < -0.3 is 20.9 Å². The fourth-order valence-electron chi connectivity index (χ4n) is 3.97. The molecular formula is C26H26ClF3N8O2. The number of benzene rings is 2. The normalized spacial score (nSPS) is 11.5. The lowest BCUT2D eigenvalue weighted by molar-refractivity contribution is -0.137. The molecular weight excluding hydrogens is 549 g/mol. The second-order valence-electron chi connectivity index (χ2n) is 8.98. The van der Waals surface area contributed by atoms with Gasteiger partial charge in [-0.3, -0.25) is 9.88 Å². The van der Waals surface area contributed by atoms with Crippen molar-refractivity contribution < 1.29 is 22.8 Å². The lowest BCUT2D eigenvalue weighted by Crippen LogP contribution is -2.28. The molecule has 0 fully saturated rings. The van der Waals surface area contributed by atoms with Crippen LogP contribution in [0.15, 0.2) is 55.0 Å². The molecule has 0 bridgehead atoms. The zero-order valence-electron chi connectivity index (χ0n) is 21.7. The number of hydrogen-bond acceptors (Lipinski definition) is 5. The summed E-state index contributed by atoms with van der Waals surface area (Å²) in [6.45, 7) is 2.83. The van der Waals surface area contributed by atoms with E-state index in [9.17, 15) is 22.8 Å². The van der Waals surface area contributed by atoms with E-state index in [-0.39, 0.29) is 5.69 Å². The number of pyridine rings is 1. The Morgan fingerprint density at radius 1 is 0.975 bits per heavy atom. The number of alkyl halides is 3. The SMILES string of the molecule is CCNC(=O)Nc1ncc(CN(C)C)c2c1ncn2-c1ccc(NC(=O)Nc2ccc(Cl)c(C(F)(F)F)c2)cc1. The summed E-state index contributed by atoms with van der Waals surface area (Å²) in [5, 5.41) is 9.90. The molecule has 0 unspecified atom stereocenters. The molecule has 210 valence electrons. The lowest BCUT2D eigenvalue weighted by Gasteiger charge is -2.15. The molecule has 0 aliphatic rings. The smallest absolute Gasteiger partial charge is 0.338 e. The van der Waals surface area contributed by atoms with Crippen molar-refractivity contribution >= 4 is 51.9 Å². The Hall–Kier alpha value is -4.36. The summed E-state index contributed by atoms with van der Waals surface area (Å²) in [6.07, 6.45) is -1.36. The van der Waals surface area contributed by atoms with Crippen LogP contribution in [0.4, 0.5) is 40.0 Å². The molecule has 4 aromatic rings. The Kier molecular flexibility index (Phi) is 8.45. The van der Waals surface area contributed by atoms with E-state index in [2.05, 4.69) is 31.2 Å². The third-order valence-corrected chi connectivity index (χ3v) is 5.96. The van der Waals surface area contributed by atoms with Crippen molar-refractivity contribution in [1.82, 2.24) is 24.8 Å². The van der Waals surface area contributed by atoms with Crippen LogP contribution < -0.4 is 21.3 Å². The summed E-state index contributed by atoms with van der Waals surface area (Å²) in [7, 11) is 3.85. The first kappa shape index (κ1) is 28.6. The van der Waals surface area contributed by atoms with Gasteiger partial charge in [0.05, 0.1) is 16.1 Å². The van der Waals surface area contributed by atoms with E-state index in [1.165, 1.54) is 6.07 Å². The number of nitrogens with one attached hydrogen (secondary N) is 4. The number of nitrogens with zero attached hydrogens (tertiary/aromatic N) is 4. The summed E-state index contributed by atoms with van der Waals surface area (Å²) < 4.78 is 41.2. The first-order valence-electron chi connectivity index (χ1n) is 12.1. The van der Waals surface area contributed by atoms with Crippen LogP contribution in [-0.4, -0.2) is 52.1 Å². The molecule has 2 aromatic heterocycles. The Morgan fingerprint density at radius 3 is 2.30 bits per heavy atom. The predicted octanol–water partition coefficient (Wildman–Crippen LogP) is 5.94. The number of carbonyl (C=O) groups is 2. The van der Waals surface area contributed by atoms with E-state index in [4.69, 9.17) is 11.6 Å². The number of hydrogen-bond donors (Lipinski definition) is 4. The summed E-state index contributed by atoms with van der Waals surface area (Å²) >= 11 is 5.64. The molecule has 14 heteroatoms. The fraction of sp³-hybridized carbons (Fsp3) is 0.231. The predicted molar refractivity (Wildman–Crippen MR) is 148 cm³/mol. The van der Waals surface area contributed by atoms with Crippen LogP contribution in [0, 0.1) is 0 Å². The first-order valence-corrected chi connectivity index (χ1v) is 12.4. The van der Waals surface area contributed by atoms with Crippen molar-refractivity contribution in [1.29, 1.82) is 0 Å². The largest absolute Gasteiger partial charge is 0.417 e. The number of urea groups is 2. The number of fused-ring (bicyclic) bond motifs is 1. The van der Waals surface area contributed by atoms with Gasteiger partial charge in [0.15, 0.2) is 5.82 Å². The lowest BCUT2D eigenvalue weighted by atomic mass is 10.2. The highest BCUT2D eigenvalue weighted by molar-refractivity contribution is 6.31. The van der Waals surface area contributed by atoms with Gasteiger partial charge in [-0.15, -0.1) is 0 Å². The number of anilines is 3. The minimum absolute atomic E-state index is 0.0604. The van der Waals surface area contributed by atoms with E-state index in [0.717, 1.165) is 28.9 Å². The fourth-order valence-corrected chi connectivity index (χ4v) is 4.19. The van der Waals surface area contributed by atoms with E-state index >= 15 is 0 Å². The Labute approximate surface area is 232 Å². The van der Waals surface area contributed by atoms with Gasteiger partial charge >= 0.3 is 18.2 Å². The third kappa shape index (κ3) is 6.61. The molecule has 40 heavy (non-hydrogen) atoms. The van der Waals surface area contributed by atoms with Crippen LogP contribution in [0.3, 0.4) is 0 Å². The topological polar surface area (TPSA) is 116 Å². The zero-order chi connectivity index (χ0) is 29.0. The first-order chi connectivity index (χ1) is 19.0. The maximum atomic E-state index is 13.1. The van der Waals surface area contributed by atoms with E-state index in [0.29, 0.717) is 30.1 Å². The van der Waals surface area contributed by atoms with Crippen molar-refractivity contribution in [3.05, 3.63) is 71.1 Å². The molecule has 2 heterocycles. The van der Waals surface area contributed by atoms with Gasteiger partial charge in [0.1, 0.15) is 11.8 Å². The van der Waals surface area contributed by atoms with Crippen molar-refractivity contribution in [3.63, 3.8) is 0 Å². The molecule has 0 aliphatic carbocycles. The van der Waals surface area contributed by atoms with Gasteiger partial charge in [-0.25, -0.2) is 19.6 Å². The van der Waals surface area contributed by atoms with Crippen LogP contribution in [-0.2, 0) is 12.7 Å². The Morgan fingerprint density at radius 2 is 1.65 bits per heavy atom. The quantitative estimate of drug-likeness (QED) is 0.218. The summed E-state index contributed by atoms with van der Waals surface area (Å²) in [6, 6.07) is 8.78. The summed E-state index contributed by atoms with van der Waals surface area (Å²) in [5.41, 5.74) is 2.15. The number of amides is 4. The second kappa shape index (κ2) is 11.8. The number of imidazole rings is 1. The van der Waals surface area contributed by atoms with E-state index < -0.39 is 28.8 Å². The number of aromatic nitrogens is 3. The van der Waals surface area contributed by atoms with Gasteiger partial charge in [-0.05, 0) is 63.5 Å². The maximum absolute atomic E-state index is 13.1. The maximum Gasteiger partial charge on any atom is 0.417 e. The van der Waals surface area contributed by atoms with Gasteiger partial charge in [-0.2, -0.15) is 13.2 Å². The molecule has 0 atom stereocenters. The van der Waals surface area contributed by atoms with Gasteiger partial charge in [0.2, 0.25) is 0 Å². The monoisotopic (exact) mass is 574 g/mol. The van der Waals surface area contributed by atoms with Gasteiger partial charge in [0.25, 0.3) is 0 Å². The Balaban J connectivity index is 1.56. The number of rotatable bonds is 7. The van der Waals surface area contributed by atoms with Crippen LogP contribution >= 0.6 is 11.6 Å². The number of halogens is 4. The van der Waals surface area contributed by atoms with Crippen molar-refractivity contribution in [2.45, 2.75) is 19.6 Å². The van der Waals surface area contributed by atoms with Crippen LogP contribution in [0.2, 0.25) is 5.02 Å². The number of carbonyl (C=O) groups excluding carboxylic acids is 2. The molecule has 0 radical (unpaired) electrons. The summed E-state index contributed by atoms with van der Waals surface area (Å²) in [4.78, 5) is 35.4. The van der Waals surface area contributed by atoms with Crippen molar-refractivity contribution in [2.24, 2.45) is 0 Å². The minimum Gasteiger partial charge on any atom is -0.338 e. The molecule has 10 nitrogen and oxygen atoms in total. The second-order valence-corrected chi connectivity index (χ2v) is 9.39. The average Bonchev–Trinajstić information content (AvgIpc) is 3.32.